The number of carbonyl (C=O) groups excluding carboxylic acids is 5. The molecule has 0 bridgehead atoms. The van der Waals surface area contributed by atoms with Gasteiger partial charge in [0.25, 0.3) is 0 Å². The molecule has 0 spiro atoms. The van der Waals surface area contributed by atoms with Crippen LogP contribution in [-0.4, -0.2) is 282 Å². The minimum Gasteiger partial charge on any atom is -0.457 e. The Bertz CT molecular complexity index is 4380. The highest BCUT2D eigenvalue weighted by molar-refractivity contribution is 5.85. The Labute approximate surface area is 724 Å². The number of aliphatic hydroxyl groups is 9. The molecule has 7 aliphatic rings. The lowest BCUT2D eigenvalue weighted by atomic mass is 10.0. The summed E-state index contributed by atoms with van der Waals surface area (Å²) < 4.78 is 141. The second-order valence-electron chi connectivity index (χ2n) is 31.1. The summed E-state index contributed by atoms with van der Waals surface area (Å²) in [6.07, 6.45) is -20.2. The molecule has 13 N–H and O–H groups in total. The first-order chi connectivity index (χ1) is 60.1. The molecule has 0 radical (unpaired) electrons. The molecule has 127 heavy (non-hydrogen) atoms. The van der Waals surface area contributed by atoms with E-state index >= 15 is 0 Å². The second-order valence-corrected chi connectivity index (χ2v) is 31.1. The smallest absolute Gasteiger partial charge is 0.412 e. The second kappa shape index (κ2) is 48.1. The van der Waals surface area contributed by atoms with Crippen LogP contribution in [0.25, 0.3) is 0 Å². The summed E-state index contributed by atoms with van der Waals surface area (Å²) in [5, 5.41) is 99.8. The number of unbranched alkanes of at least 4 members (excludes halogenated alkanes) is 8. The summed E-state index contributed by atoms with van der Waals surface area (Å²) in [6, 6.07) is 0. The molecule has 7 fully saturated rings. The van der Waals surface area contributed by atoms with E-state index in [-0.39, 0.29) is 38.4 Å². The van der Waals surface area contributed by atoms with Crippen molar-refractivity contribution in [2.45, 2.75) is 333 Å². The van der Waals surface area contributed by atoms with Gasteiger partial charge >= 0.3 is 53.1 Å². The fraction of sp³-hybridized carbons (Fsp3) is 0.731. The Morgan fingerprint density at radius 1 is 0.339 bits per heavy atom. The van der Waals surface area contributed by atoms with Crippen molar-refractivity contribution in [3.05, 3.63) is 90.0 Å². The van der Waals surface area contributed by atoms with Crippen LogP contribution in [0.3, 0.4) is 0 Å². The van der Waals surface area contributed by atoms with E-state index in [0.29, 0.717) is 25.7 Å². The Morgan fingerprint density at radius 3 is 0.858 bits per heavy atom. The van der Waals surface area contributed by atoms with Gasteiger partial charge in [0.2, 0.25) is 0 Å². The molecule has 45 nitrogen and oxygen atoms in total. The van der Waals surface area contributed by atoms with Gasteiger partial charge in [-0.1, -0.05) is 86.0 Å². The molecule has 3 unspecified atom stereocenters. The number of anilines is 4. The van der Waals surface area contributed by atoms with E-state index in [9.17, 15) is 107 Å². The van der Waals surface area contributed by atoms with Crippen LogP contribution >= 0.6 is 0 Å². The topological polar surface area (TPSA) is 594 Å². The van der Waals surface area contributed by atoms with Crippen LogP contribution in [0, 0.1) is 29.2 Å². The SMILES string of the molecule is CCCCCOC(=O)Nc1nc(=O)n([C@@H]2O[C@H](C)[C@@H](C)[C@H]2OC(C)=O)cc1F.CCCCCOC(=O)Nc1nc(=O)n([C@@H]2O[C@H](C)[C@@H](O)[C@H]2O[C@H]2OC(C)[C@H](O)[C@@H]2O)cc1F.CCCCCOC(=O)Nc1nc(=O)n([C@@H]2O[C@H](C)[C@@H](OC3O[C@H](C)[C@@H](O)[C@H]3O)[C@H]2O)cc1F.CCCCCOC(=O)Nc1nc(=O)n([C@@H]2O[C@H](C)[C@@H](OC3O[C@H](C)[C@@H](O)[C@H]3O)[C@H]2O)cc1F. The summed E-state index contributed by atoms with van der Waals surface area (Å²) in [5.41, 5.74) is -3.82. The molecule has 4 aromatic heterocycles. The number of hydrogen-bond donors (Lipinski definition) is 13. The molecule has 714 valence electrons. The first-order valence-electron chi connectivity index (χ1n) is 41.9. The van der Waals surface area contributed by atoms with Crippen molar-refractivity contribution in [3.8, 4) is 0 Å². The summed E-state index contributed by atoms with van der Waals surface area (Å²) in [4.78, 5) is 122. The number of nitrogens with zero attached hydrogens (tertiary/aromatic N) is 8. The van der Waals surface area contributed by atoms with Crippen LogP contribution in [0.1, 0.15) is 192 Å². The minimum atomic E-state index is -1.45. The molecule has 49 heteroatoms. The van der Waals surface area contributed by atoms with E-state index in [2.05, 4.69) is 41.2 Å². The normalized spacial score (nSPS) is 31.7. The molecule has 28 atom stereocenters. The molecule has 7 saturated heterocycles. The first-order valence-corrected chi connectivity index (χ1v) is 41.9. The molecule has 7 aliphatic heterocycles. The van der Waals surface area contributed by atoms with Crippen molar-refractivity contribution >= 4 is 53.6 Å². The van der Waals surface area contributed by atoms with Crippen LogP contribution in [0.4, 0.5) is 60.0 Å². The summed E-state index contributed by atoms with van der Waals surface area (Å²) >= 11 is 0. The van der Waals surface area contributed by atoms with Gasteiger partial charge in [0.05, 0.1) is 93.9 Å². The molecule has 0 aliphatic carbocycles. The van der Waals surface area contributed by atoms with Gasteiger partial charge in [-0.05, 0) is 74.1 Å². The van der Waals surface area contributed by atoms with E-state index in [1.807, 2.05) is 27.7 Å². The number of nitrogens with one attached hydrogen (secondary N) is 4. The number of amides is 4. The molecular formula is C78H116F4N12O33. The first kappa shape index (κ1) is 103. The molecule has 4 amide bonds. The average molecular weight is 1830 g/mol. The van der Waals surface area contributed by atoms with Crippen LogP contribution < -0.4 is 44.0 Å². The van der Waals surface area contributed by atoms with Crippen LogP contribution in [0.15, 0.2) is 44.0 Å². The van der Waals surface area contributed by atoms with E-state index in [4.69, 9.17) is 71.1 Å². The number of ether oxygens (including phenoxy) is 15. The number of hydrogen-bond acceptors (Lipinski definition) is 37. The standard InChI is InChI=1S/3C20H30FN3O9.C18H26FN3O6/c2*1-4-5-6-7-30-20(29)23-16-11(21)8-24(19(28)22-16)17-14(27)15(10(3)31-17)33-18-13(26)12(25)9(2)32-18;1-4-5-6-7-30-20(29)23-16-11(21)8-24(19(28)22-16)17-15(13(26)10(3)31-17)33-18-14(27)12(25)9(2)32-18;1-5-6-7-8-26-18(25)21-15-13(19)9-22(17(24)20-15)16-14(28-12(4)23)10(2)11(3)27-16/h3*8-10,12-15,17-18,25-27H,4-7H2,1-3H3,(H,22,23,28,29);9-11,14,16H,5-8H2,1-4H3,(H,20,21,24,25)/t2*9-,10-,12-,13-,14-,15-,17-,18?;9?,10-,12+,13-,14+,15-,17-,18-;10-,11-,14-,16-/m1111/s1. The highest BCUT2D eigenvalue weighted by Crippen LogP contribution is 2.40. The monoisotopic (exact) mass is 1820 g/mol. The van der Waals surface area contributed by atoms with Gasteiger partial charge in [0.1, 0.15) is 73.2 Å². The number of aliphatic hydroxyl groups excluding tert-OH is 9. The maximum atomic E-state index is 14.6. The zero-order valence-corrected chi connectivity index (χ0v) is 72.2. The van der Waals surface area contributed by atoms with Crippen LogP contribution in [-0.2, 0) is 75.8 Å². The van der Waals surface area contributed by atoms with Crippen molar-refractivity contribution in [1.82, 2.24) is 38.2 Å². The highest BCUT2D eigenvalue weighted by atomic mass is 19.1. The number of halogens is 4. The Balaban J connectivity index is 0.000000210. The highest BCUT2D eigenvalue weighted by Gasteiger charge is 2.54. The molecule has 11 heterocycles. The molecular weight excluding hydrogens is 1710 g/mol. The lowest BCUT2D eigenvalue weighted by Crippen LogP contribution is -2.43. The zero-order valence-electron chi connectivity index (χ0n) is 72.2. The van der Waals surface area contributed by atoms with E-state index in [1.54, 1.807) is 41.5 Å². The average Bonchev–Trinajstić information content (AvgIpc) is 1.66. The van der Waals surface area contributed by atoms with Crippen molar-refractivity contribution in [2.24, 2.45) is 5.92 Å². The third-order valence-corrected chi connectivity index (χ3v) is 21.3. The number of aromatic nitrogens is 8. The lowest BCUT2D eigenvalue weighted by Gasteiger charge is -2.26. The third-order valence-electron chi connectivity index (χ3n) is 21.3. The Hall–Kier alpha value is -8.97. The van der Waals surface area contributed by atoms with Crippen molar-refractivity contribution in [2.75, 3.05) is 47.7 Å². The van der Waals surface area contributed by atoms with E-state index < -0.39 is 259 Å². The van der Waals surface area contributed by atoms with Gasteiger partial charge in [-0.15, -0.1) is 0 Å². The minimum absolute atomic E-state index is 0.144. The van der Waals surface area contributed by atoms with E-state index in [1.165, 1.54) is 20.8 Å². The third kappa shape index (κ3) is 27.1. The van der Waals surface area contributed by atoms with Gasteiger partial charge < -0.3 is 117 Å². The van der Waals surface area contributed by atoms with Gasteiger partial charge in [0, 0.05) is 12.8 Å². The molecule has 0 aromatic carbocycles. The molecule has 4 aromatic rings. The molecule has 0 saturated carbocycles. The van der Waals surface area contributed by atoms with Gasteiger partial charge in [-0.2, -0.15) is 19.9 Å². The van der Waals surface area contributed by atoms with Gasteiger partial charge in [0.15, 0.2) is 96.4 Å². The summed E-state index contributed by atoms with van der Waals surface area (Å²) in [6.45, 7) is 22.7. The Kier molecular flexibility index (Phi) is 39.1. The van der Waals surface area contributed by atoms with Crippen molar-refractivity contribution in [3.63, 3.8) is 0 Å². The fourth-order valence-electron chi connectivity index (χ4n) is 13.9. The van der Waals surface area contributed by atoms with Crippen LogP contribution in [0.5, 0.6) is 0 Å². The fourth-order valence-corrected chi connectivity index (χ4v) is 13.9. The maximum absolute atomic E-state index is 14.6. The molecule has 11 rings (SSSR count). The van der Waals surface area contributed by atoms with Gasteiger partial charge in [-0.3, -0.25) is 44.3 Å². The number of carbonyl (C=O) groups is 5. The lowest BCUT2D eigenvalue weighted by molar-refractivity contribution is -0.216. The summed E-state index contributed by atoms with van der Waals surface area (Å²) in [5.74, 6) is -7.20. The number of rotatable bonds is 31. The summed E-state index contributed by atoms with van der Waals surface area (Å²) in [7, 11) is 0. The maximum Gasteiger partial charge on any atom is 0.412 e. The van der Waals surface area contributed by atoms with E-state index in [0.717, 1.165) is 94.4 Å². The van der Waals surface area contributed by atoms with Gasteiger partial charge in [-0.25, -0.2) is 55.9 Å². The van der Waals surface area contributed by atoms with Crippen LogP contribution in [0.2, 0.25) is 0 Å². The largest absolute Gasteiger partial charge is 0.457 e. The van der Waals surface area contributed by atoms with Crippen molar-refractivity contribution < 1.29 is 159 Å². The predicted molar refractivity (Wildman–Crippen MR) is 427 cm³/mol. The van der Waals surface area contributed by atoms with Crippen molar-refractivity contribution in [1.29, 1.82) is 0 Å². The Morgan fingerprint density at radius 2 is 0.591 bits per heavy atom. The number of esters is 1. The zero-order chi connectivity index (χ0) is 93.7. The quantitative estimate of drug-likeness (QED) is 0.0149. The predicted octanol–water partition coefficient (Wildman–Crippen LogP) is 3.36.